The van der Waals surface area contributed by atoms with Crippen LogP contribution in [0.4, 0.5) is 0 Å². The second-order valence-corrected chi connectivity index (χ2v) is 3.77. The lowest BCUT2D eigenvalue weighted by atomic mass is 10.1. The maximum absolute atomic E-state index is 11.5. The number of nitrogens with zero attached hydrogens (tertiary/aromatic N) is 4. The zero-order chi connectivity index (χ0) is 12.8. The Kier molecular flexibility index (Phi) is 3.85. The molecule has 0 spiro atoms. The van der Waals surface area contributed by atoms with Crippen LogP contribution < -0.4 is 5.32 Å². The summed E-state index contributed by atoms with van der Waals surface area (Å²) in [6, 6.07) is 6.89. The van der Waals surface area contributed by atoms with Crippen molar-refractivity contribution in [3.8, 4) is 5.75 Å². The Balaban J connectivity index is 1.72. The molecule has 0 unspecified atom stereocenters. The molecule has 18 heavy (non-hydrogen) atoms. The predicted molar refractivity (Wildman–Crippen MR) is 62.6 cm³/mol. The first-order valence-corrected chi connectivity index (χ1v) is 5.49. The average molecular weight is 247 g/mol. The van der Waals surface area contributed by atoms with Gasteiger partial charge in [-0.05, 0) is 34.5 Å². The van der Waals surface area contributed by atoms with E-state index >= 15 is 0 Å². The molecule has 0 saturated heterocycles. The van der Waals surface area contributed by atoms with E-state index in [1.165, 1.54) is 11.0 Å². The molecule has 2 N–H and O–H groups in total. The molecule has 0 saturated carbocycles. The molecule has 0 bridgehead atoms. The van der Waals surface area contributed by atoms with Crippen LogP contribution in [0.1, 0.15) is 5.56 Å². The maximum Gasteiger partial charge on any atom is 0.241 e. The van der Waals surface area contributed by atoms with Crippen LogP contribution in [0.15, 0.2) is 30.6 Å². The molecular weight excluding hydrogens is 234 g/mol. The summed E-state index contributed by atoms with van der Waals surface area (Å²) in [5.74, 6) is 0.0996. The van der Waals surface area contributed by atoms with Crippen LogP contribution in [-0.2, 0) is 17.8 Å². The van der Waals surface area contributed by atoms with Crippen molar-refractivity contribution >= 4 is 5.91 Å². The van der Waals surface area contributed by atoms with Crippen molar-refractivity contribution in [3.63, 3.8) is 0 Å². The smallest absolute Gasteiger partial charge is 0.241 e. The van der Waals surface area contributed by atoms with E-state index in [0.717, 1.165) is 5.56 Å². The van der Waals surface area contributed by atoms with Gasteiger partial charge in [-0.25, -0.2) is 4.68 Å². The normalized spacial score (nSPS) is 10.2. The molecule has 0 fully saturated rings. The number of carbonyl (C=O) groups excluding carboxylic acids is 1. The Morgan fingerprint density at radius 1 is 1.33 bits per heavy atom. The molecule has 0 aliphatic rings. The van der Waals surface area contributed by atoms with Gasteiger partial charge in [0.15, 0.2) is 0 Å². The largest absolute Gasteiger partial charge is 0.508 e. The summed E-state index contributed by atoms with van der Waals surface area (Å²) in [5.41, 5.74) is 1.05. The van der Waals surface area contributed by atoms with Gasteiger partial charge in [0, 0.05) is 6.54 Å². The quantitative estimate of drug-likeness (QED) is 0.759. The molecular formula is C11H13N5O2. The zero-order valence-electron chi connectivity index (χ0n) is 9.65. The molecule has 2 rings (SSSR count). The van der Waals surface area contributed by atoms with Gasteiger partial charge in [-0.2, -0.15) is 0 Å². The van der Waals surface area contributed by atoms with Gasteiger partial charge in [-0.1, -0.05) is 12.1 Å². The fraction of sp³-hybridized carbons (Fsp3) is 0.273. The van der Waals surface area contributed by atoms with Crippen molar-refractivity contribution < 1.29 is 9.90 Å². The van der Waals surface area contributed by atoms with E-state index in [0.29, 0.717) is 13.0 Å². The van der Waals surface area contributed by atoms with E-state index in [2.05, 4.69) is 20.8 Å². The number of rotatable bonds is 5. The van der Waals surface area contributed by atoms with Gasteiger partial charge in [0.2, 0.25) is 5.91 Å². The van der Waals surface area contributed by atoms with Crippen molar-refractivity contribution in [2.24, 2.45) is 0 Å². The molecule has 1 heterocycles. The number of nitrogens with one attached hydrogen (secondary N) is 1. The summed E-state index contributed by atoms with van der Waals surface area (Å²) in [4.78, 5) is 11.5. The van der Waals surface area contributed by atoms with Crippen LogP contribution >= 0.6 is 0 Å². The summed E-state index contributed by atoms with van der Waals surface area (Å²) in [5, 5.41) is 22.4. The molecule has 1 aromatic heterocycles. The fourth-order valence-electron chi connectivity index (χ4n) is 1.46. The van der Waals surface area contributed by atoms with Crippen molar-refractivity contribution in [1.82, 2.24) is 25.5 Å². The first-order chi connectivity index (χ1) is 8.74. The Morgan fingerprint density at radius 2 is 2.11 bits per heavy atom. The molecule has 1 aromatic carbocycles. The number of hydrogen-bond donors (Lipinski definition) is 2. The minimum Gasteiger partial charge on any atom is -0.508 e. The second-order valence-electron chi connectivity index (χ2n) is 3.77. The molecule has 0 radical (unpaired) electrons. The number of phenolic OH excluding ortho intramolecular Hbond substituents is 1. The lowest BCUT2D eigenvalue weighted by Crippen LogP contribution is -2.29. The van der Waals surface area contributed by atoms with E-state index in [-0.39, 0.29) is 18.2 Å². The van der Waals surface area contributed by atoms with Gasteiger partial charge in [-0.15, -0.1) is 5.10 Å². The first kappa shape index (κ1) is 12.0. The molecule has 7 heteroatoms. The standard InChI is InChI=1S/C11H13N5O2/c17-10-3-1-9(2-4-10)5-6-12-11(18)7-16-8-13-14-15-16/h1-4,8,17H,5-7H2,(H,12,18). The minimum absolute atomic E-state index is 0.114. The Hall–Kier alpha value is -2.44. The SMILES string of the molecule is O=C(Cn1cnnn1)NCCc1ccc(O)cc1. The van der Waals surface area contributed by atoms with Crippen molar-refractivity contribution in [2.75, 3.05) is 6.54 Å². The average Bonchev–Trinajstić information content (AvgIpc) is 2.84. The van der Waals surface area contributed by atoms with Gasteiger partial charge < -0.3 is 10.4 Å². The highest BCUT2D eigenvalue weighted by Crippen LogP contribution is 2.09. The van der Waals surface area contributed by atoms with E-state index < -0.39 is 0 Å². The number of aromatic hydroxyl groups is 1. The Bertz CT molecular complexity index is 495. The first-order valence-electron chi connectivity index (χ1n) is 5.49. The number of hydrogen-bond acceptors (Lipinski definition) is 5. The van der Waals surface area contributed by atoms with Crippen LogP contribution in [0.25, 0.3) is 0 Å². The molecule has 94 valence electrons. The Morgan fingerprint density at radius 3 is 2.78 bits per heavy atom. The van der Waals surface area contributed by atoms with Crippen LogP contribution in [0.3, 0.4) is 0 Å². The zero-order valence-corrected chi connectivity index (χ0v) is 9.65. The van der Waals surface area contributed by atoms with Gasteiger partial charge >= 0.3 is 0 Å². The third kappa shape index (κ3) is 3.55. The van der Waals surface area contributed by atoms with Crippen molar-refractivity contribution in [2.45, 2.75) is 13.0 Å². The summed E-state index contributed by atoms with van der Waals surface area (Å²) in [7, 11) is 0. The maximum atomic E-state index is 11.5. The number of amides is 1. The third-order valence-electron chi connectivity index (χ3n) is 2.37. The van der Waals surface area contributed by atoms with Crippen molar-refractivity contribution in [3.05, 3.63) is 36.2 Å². The molecule has 2 aromatic rings. The summed E-state index contributed by atoms with van der Waals surface area (Å²) in [6.07, 6.45) is 2.10. The number of carbonyl (C=O) groups is 1. The number of benzene rings is 1. The summed E-state index contributed by atoms with van der Waals surface area (Å²) < 4.78 is 1.36. The van der Waals surface area contributed by atoms with Gasteiger partial charge in [0.25, 0.3) is 0 Å². The summed E-state index contributed by atoms with van der Waals surface area (Å²) >= 11 is 0. The van der Waals surface area contributed by atoms with E-state index in [1.54, 1.807) is 12.1 Å². The van der Waals surface area contributed by atoms with Crippen LogP contribution in [0.5, 0.6) is 5.75 Å². The minimum atomic E-state index is -0.138. The van der Waals surface area contributed by atoms with Gasteiger partial charge in [0.05, 0.1) is 0 Å². The lowest BCUT2D eigenvalue weighted by molar-refractivity contribution is -0.121. The number of tetrazole rings is 1. The predicted octanol–water partition coefficient (Wildman–Crippen LogP) is -0.262. The molecule has 0 aliphatic carbocycles. The van der Waals surface area contributed by atoms with Crippen LogP contribution in [-0.4, -0.2) is 37.8 Å². The molecule has 0 aliphatic heterocycles. The van der Waals surface area contributed by atoms with Crippen LogP contribution in [0, 0.1) is 0 Å². The van der Waals surface area contributed by atoms with Crippen LogP contribution in [0.2, 0.25) is 0 Å². The lowest BCUT2D eigenvalue weighted by Gasteiger charge is -2.05. The van der Waals surface area contributed by atoms with Crippen molar-refractivity contribution in [1.29, 1.82) is 0 Å². The Labute approximate surface area is 103 Å². The fourth-order valence-corrected chi connectivity index (χ4v) is 1.46. The third-order valence-corrected chi connectivity index (χ3v) is 2.37. The molecule has 1 amide bonds. The van der Waals surface area contributed by atoms with E-state index in [1.807, 2.05) is 12.1 Å². The number of aromatic nitrogens is 4. The summed E-state index contributed by atoms with van der Waals surface area (Å²) in [6.45, 7) is 0.647. The molecule has 7 nitrogen and oxygen atoms in total. The van der Waals surface area contributed by atoms with Gasteiger partial charge in [0.1, 0.15) is 18.6 Å². The monoisotopic (exact) mass is 247 g/mol. The second kappa shape index (κ2) is 5.76. The molecule has 0 atom stereocenters. The van der Waals surface area contributed by atoms with E-state index in [4.69, 9.17) is 5.11 Å². The van der Waals surface area contributed by atoms with E-state index in [9.17, 15) is 4.79 Å². The highest BCUT2D eigenvalue weighted by Gasteiger charge is 2.03. The number of phenols is 1. The van der Waals surface area contributed by atoms with Gasteiger partial charge in [-0.3, -0.25) is 4.79 Å². The highest BCUT2D eigenvalue weighted by molar-refractivity contribution is 5.75. The highest BCUT2D eigenvalue weighted by atomic mass is 16.3. The topological polar surface area (TPSA) is 92.9 Å².